The lowest BCUT2D eigenvalue weighted by Crippen LogP contribution is -2.11. The molecule has 2 heterocycles. The van der Waals surface area contributed by atoms with Crippen LogP contribution in [0.1, 0.15) is 11.8 Å². The molecule has 1 aromatic carbocycles. The molecule has 5 nitrogen and oxygen atoms in total. The fourth-order valence-corrected chi connectivity index (χ4v) is 4.47. The highest BCUT2D eigenvalue weighted by molar-refractivity contribution is 7.94. The molecule has 0 amide bonds. The van der Waals surface area contributed by atoms with Crippen LogP contribution in [0.5, 0.6) is 0 Å². The maximum Gasteiger partial charge on any atom is 0.271 e. The molecule has 0 aliphatic rings. The molecule has 8 heteroatoms. The highest BCUT2D eigenvalue weighted by Crippen LogP contribution is 2.25. The second-order valence-electron chi connectivity index (χ2n) is 5.22. The van der Waals surface area contributed by atoms with Crippen molar-refractivity contribution in [1.29, 1.82) is 0 Å². The molecule has 0 radical (unpaired) electrons. The fourth-order valence-electron chi connectivity index (χ4n) is 2.13. The number of anilines is 3. The summed E-state index contributed by atoms with van der Waals surface area (Å²) in [5.74, 6) is 0.0240. The van der Waals surface area contributed by atoms with E-state index in [-0.39, 0.29) is 4.21 Å². The van der Waals surface area contributed by atoms with Crippen LogP contribution >= 0.6 is 11.3 Å². The topological polar surface area (TPSA) is 71.1 Å². The molecular formula is C17H16FN3O2S2. The molecule has 3 rings (SSSR count). The van der Waals surface area contributed by atoms with E-state index in [1.54, 1.807) is 42.5 Å². The molecule has 0 saturated carbocycles. The molecular weight excluding hydrogens is 361 g/mol. The maximum absolute atomic E-state index is 13.6. The van der Waals surface area contributed by atoms with Gasteiger partial charge in [0.2, 0.25) is 0 Å². The molecule has 0 fully saturated rings. The van der Waals surface area contributed by atoms with Crippen LogP contribution in [0.4, 0.5) is 21.6 Å². The molecule has 0 bridgehead atoms. The maximum atomic E-state index is 13.6. The fraction of sp³-hybridized carbons (Fsp3) is 0.118. The average Bonchev–Trinajstić information content (AvgIpc) is 3.09. The minimum absolute atomic E-state index is 0.262. The summed E-state index contributed by atoms with van der Waals surface area (Å²) < 4.78 is 41.1. The van der Waals surface area contributed by atoms with Gasteiger partial charge in [-0.15, -0.1) is 11.3 Å². The summed E-state index contributed by atoms with van der Waals surface area (Å²) in [5.41, 5.74) is 0.638. The first-order valence-corrected chi connectivity index (χ1v) is 9.87. The van der Waals surface area contributed by atoms with E-state index in [1.807, 2.05) is 6.92 Å². The molecule has 2 N–H and O–H groups in total. The summed E-state index contributed by atoms with van der Waals surface area (Å²) in [7, 11) is -3.63. The van der Waals surface area contributed by atoms with E-state index in [1.165, 1.54) is 23.6 Å². The number of thiophene rings is 1. The molecule has 25 heavy (non-hydrogen) atoms. The quantitative estimate of drug-likeness (QED) is 0.668. The Morgan fingerprint density at radius 2 is 1.92 bits per heavy atom. The van der Waals surface area contributed by atoms with Crippen molar-refractivity contribution >= 4 is 38.6 Å². The summed E-state index contributed by atoms with van der Waals surface area (Å²) >= 11 is 1.24. The summed E-state index contributed by atoms with van der Waals surface area (Å²) in [6.07, 6.45) is 2.17. The van der Waals surface area contributed by atoms with E-state index in [4.69, 9.17) is 0 Å². The van der Waals surface area contributed by atoms with Gasteiger partial charge in [-0.05, 0) is 42.8 Å². The van der Waals surface area contributed by atoms with Gasteiger partial charge in [0.1, 0.15) is 15.8 Å². The zero-order valence-corrected chi connectivity index (χ0v) is 15.0. The van der Waals surface area contributed by atoms with Gasteiger partial charge >= 0.3 is 0 Å². The number of hydrogen-bond donors (Lipinski definition) is 2. The molecule has 0 saturated heterocycles. The normalized spacial score (nSPS) is 11.3. The number of sulfonamides is 1. The van der Waals surface area contributed by atoms with Crippen molar-refractivity contribution in [2.75, 3.05) is 10.0 Å². The van der Waals surface area contributed by atoms with E-state index in [9.17, 15) is 12.8 Å². The zero-order valence-electron chi connectivity index (χ0n) is 13.4. The first kappa shape index (κ1) is 17.4. The highest BCUT2D eigenvalue weighted by Gasteiger charge is 2.17. The van der Waals surface area contributed by atoms with Crippen LogP contribution in [-0.4, -0.2) is 13.4 Å². The Hall–Kier alpha value is -2.45. The third-order valence-electron chi connectivity index (χ3n) is 3.40. The minimum atomic E-state index is -3.63. The Morgan fingerprint density at radius 1 is 1.12 bits per heavy atom. The number of aromatic nitrogens is 1. The Morgan fingerprint density at radius 3 is 2.56 bits per heavy atom. The lowest BCUT2D eigenvalue weighted by Gasteiger charge is -2.09. The lowest BCUT2D eigenvalue weighted by atomic mass is 10.3. The van der Waals surface area contributed by atoms with Gasteiger partial charge in [0, 0.05) is 4.88 Å². The van der Waals surface area contributed by atoms with Gasteiger partial charge < -0.3 is 5.32 Å². The van der Waals surface area contributed by atoms with Crippen molar-refractivity contribution in [1.82, 2.24) is 4.98 Å². The minimum Gasteiger partial charge on any atom is -0.338 e. The monoisotopic (exact) mass is 377 g/mol. The predicted octanol–water partition coefficient (Wildman–Crippen LogP) is 4.39. The first-order chi connectivity index (χ1) is 12.0. The van der Waals surface area contributed by atoms with E-state index >= 15 is 0 Å². The van der Waals surface area contributed by atoms with Crippen LogP contribution in [0.15, 0.2) is 58.9 Å². The Labute approximate surface area is 149 Å². The SMILES string of the molecule is CCc1ccc(S(=O)(=O)Nc2ccc(Nc3ccccc3F)nc2)s1. The second-order valence-corrected chi connectivity index (χ2v) is 8.29. The van der Waals surface area contributed by atoms with Crippen molar-refractivity contribution in [2.45, 2.75) is 17.6 Å². The van der Waals surface area contributed by atoms with E-state index < -0.39 is 15.8 Å². The lowest BCUT2D eigenvalue weighted by molar-refractivity contribution is 0.603. The molecule has 2 aromatic heterocycles. The molecule has 0 atom stereocenters. The molecule has 0 aliphatic carbocycles. The smallest absolute Gasteiger partial charge is 0.271 e. The van der Waals surface area contributed by atoms with Crippen molar-refractivity contribution < 1.29 is 12.8 Å². The molecule has 3 aromatic rings. The van der Waals surface area contributed by atoms with Crippen LogP contribution in [0.2, 0.25) is 0 Å². The van der Waals surface area contributed by atoms with Gasteiger partial charge in [-0.3, -0.25) is 4.72 Å². The van der Waals surface area contributed by atoms with Gasteiger partial charge in [-0.25, -0.2) is 17.8 Å². The van der Waals surface area contributed by atoms with Gasteiger partial charge in [0.15, 0.2) is 0 Å². The molecule has 130 valence electrons. The van der Waals surface area contributed by atoms with Crippen molar-refractivity contribution in [3.63, 3.8) is 0 Å². The van der Waals surface area contributed by atoms with Gasteiger partial charge in [-0.2, -0.15) is 0 Å². The van der Waals surface area contributed by atoms with E-state index in [2.05, 4.69) is 15.0 Å². The molecule has 0 aliphatic heterocycles. The second kappa shape index (κ2) is 7.20. The van der Waals surface area contributed by atoms with Crippen LogP contribution < -0.4 is 10.0 Å². The first-order valence-electron chi connectivity index (χ1n) is 7.57. The highest BCUT2D eigenvalue weighted by atomic mass is 32.2. The summed E-state index contributed by atoms with van der Waals surface area (Å²) in [6.45, 7) is 1.97. The van der Waals surface area contributed by atoms with Crippen LogP contribution in [-0.2, 0) is 16.4 Å². The number of hydrogen-bond acceptors (Lipinski definition) is 5. The molecule has 0 spiro atoms. The number of pyridine rings is 1. The number of halogens is 1. The Kier molecular flexibility index (Phi) is 5.00. The summed E-state index contributed by atoms with van der Waals surface area (Å²) in [4.78, 5) is 5.12. The van der Waals surface area contributed by atoms with Gasteiger partial charge in [0.05, 0.1) is 17.6 Å². The van der Waals surface area contributed by atoms with Crippen LogP contribution in [0.25, 0.3) is 0 Å². The van der Waals surface area contributed by atoms with Crippen molar-refractivity contribution in [2.24, 2.45) is 0 Å². The largest absolute Gasteiger partial charge is 0.338 e. The number of rotatable bonds is 6. The van der Waals surface area contributed by atoms with E-state index in [0.717, 1.165) is 11.3 Å². The predicted molar refractivity (Wildman–Crippen MR) is 98.4 cm³/mol. The number of nitrogens with zero attached hydrogens (tertiary/aromatic N) is 1. The van der Waals surface area contributed by atoms with Crippen molar-refractivity contribution in [3.05, 3.63) is 65.4 Å². The zero-order chi connectivity index (χ0) is 17.9. The third-order valence-corrected chi connectivity index (χ3v) is 6.51. The average molecular weight is 377 g/mol. The Bertz CT molecular complexity index is 970. The summed E-state index contributed by atoms with van der Waals surface area (Å²) in [6, 6.07) is 12.8. The standard InChI is InChI=1S/C17H16FN3O2S2/c1-2-13-8-10-17(24-13)25(22,23)21-12-7-9-16(19-11-12)20-15-6-4-3-5-14(15)18/h3-11,21H,2H2,1H3,(H,19,20). The Balaban J connectivity index is 1.73. The number of aryl methyl sites for hydroxylation is 1. The van der Waals surface area contributed by atoms with Crippen LogP contribution in [0.3, 0.4) is 0 Å². The van der Waals surface area contributed by atoms with E-state index in [0.29, 0.717) is 17.2 Å². The van der Waals surface area contributed by atoms with Crippen molar-refractivity contribution in [3.8, 4) is 0 Å². The number of para-hydroxylation sites is 1. The van der Waals surface area contributed by atoms with Crippen LogP contribution in [0, 0.1) is 5.82 Å². The van der Waals surface area contributed by atoms with Gasteiger partial charge in [-0.1, -0.05) is 19.1 Å². The summed E-state index contributed by atoms with van der Waals surface area (Å²) in [5, 5.41) is 2.84. The van der Waals surface area contributed by atoms with Gasteiger partial charge in [0.25, 0.3) is 10.0 Å². The third kappa shape index (κ3) is 4.15. The number of benzene rings is 1. The molecule has 0 unspecified atom stereocenters. The number of nitrogens with one attached hydrogen (secondary N) is 2.